The summed E-state index contributed by atoms with van der Waals surface area (Å²) < 4.78 is 20.5. The zero-order valence-corrected chi connectivity index (χ0v) is 15.6. The van der Waals surface area contributed by atoms with E-state index in [0.717, 1.165) is 5.56 Å². The molecule has 146 valence electrons. The monoisotopic (exact) mass is 391 g/mol. The van der Waals surface area contributed by atoms with Gasteiger partial charge in [-0.05, 0) is 24.3 Å². The Morgan fingerprint density at radius 3 is 2.90 bits per heavy atom. The molecule has 0 radical (unpaired) electrons. The first-order chi connectivity index (χ1) is 14.1. The summed E-state index contributed by atoms with van der Waals surface area (Å²) in [6, 6.07) is 15.6. The summed E-state index contributed by atoms with van der Waals surface area (Å²) in [6.45, 7) is 0.270. The third-order valence-corrected chi connectivity index (χ3v) is 4.37. The van der Waals surface area contributed by atoms with Crippen LogP contribution >= 0.6 is 0 Å². The number of amides is 1. The van der Waals surface area contributed by atoms with Gasteiger partial charge in [-0.25, -0.2) is 4.39 Å². The Labute approximate surface area is 166 Å². The van der Waals surface area contributed by atoms with E-state index < -0.39 is 0 Å². The van der Waals surface area contributed by atoms with Gasteiger partial charge in [-0.3, -0.25) is 14.6 Å². The van der Waals surface area contributed by atoms with Crippen LogP contribution in [0.4, 0.5) is 10.1 Å². The molecule has 1 amide bonds. The smallest absolute Gasteiger partial charge is 0.273 e. The van der Waals surface area contributed by atoms with Crippen LogP contribution in [0, 0.1) is 5.82 Å². The first kappa shape index (κ1) is 18.4. The molecule has 0 aliphatic heterocycles. The van der Waals surface area contributed by atoms with E-state index >= 15 is 0 Å². The lowest BCUT2D eigenvalue weighted by molar-refractivity contribution is 0.102. The minimum absolute atomic E-state index is 0.270. The van der Waals surface area contributed by atoms with Crippen LogP contribution in [0.25, 0.3) is 11.3 Å². The van der Waals surface area contributed by atoms with E-state index in [0.29, 0.717) is 28.4 Å². The summed E-state index contributed by atoms with van der Waals surface area (Å²) in [5, 5.41) is 13.8. The molecule has 0 aliphatic carbocycles. The fourth-order valence-corrected chi connectivity index (χ4v) is 2.88. The van der Waals surface area contributed by atoms with Crippen molar-refractivity contribution >= 4 is 11.6 Å². The first-order valence-corrected chi connectivity index (χ1v) is 8.89. The maximum Gasteiger partial charge on any atom is 0.273 e. The number of carbonyl (C=O) groups is 1. The average molecular weight is 391 g/mol. The van der Waals surface area contributed by atoms with Crippen LogP contribution in [0.3, 0.4) is 0 Å². The predicted octanol–water partition coefficient (Wildman–Crippen LogP) is 3.72. The van der Waals surface area contributed by atoms with E-state index in [4.69, 9.17) is 4.74 Å². The molecule has 0 saturated heterocycles. The minimum Gasteiger partial charge on any atom is -0.497 e. The van der Waals surface area contributed by atoms with E-state index in [1.165, 1.54) is 12.3 Å². The second-order valence-electron chi connectivity index (χ2n) is 6.37. The number of halogens is 1. The molecule has 4 rings (SSSR count). The van der Waals surface area contributed by atoms with Gasteiger partial charge in [0.2, 0.25) is 0 Å². The Kier molecular flexibility index (Phi) is 5.07. The SMILES string of the molecule is COc1cccc(-c2cc(C(=O)Nc3cnn(Cc4ccccc4F)c3)[nH]n2)c1. The van der Waals surface area contributed by atoms with Gasteiger partial charge in [0.15, 0.2) is 0 Å². The number of aromatic nitrogens is 4. The normalized spacial score (nSPS) is 10.7. The highest BCUT2D eigenvalue weighted by Gasteiger charge is 2.13. The molecular formula is C21H18FN5O2. The summed E-state index contributed by atoms with van der Waals surface area (Å²) >= 11 is 0. The molecule has 7 nitrogen and oxygen atoms in total. The number of anilines is 1. The minimum atomic E-state index is -0.350. The number of benzene rings is 2. The molecular weight excluding hydrogens is 373 g/mol. The van der Waals surface area contributed by atoms with Crippen molar-refractivity contribution in [3.8, 4) is 17.0 Å². The van der Waals surface area contributed by atoms with Crippen LogP contribution in [0.15, 0.2) is 67.0 Å². The molecule has 8 heteroatoms. The zero-order chi connectivity index (χ0) is 20.2. The highest BCUT2D eigenvalue weighted by Crippen LogP contribution is 2.23. The van der Waals surface area contributed by atoms with E-state index in [9.17, 15) is 9.18 Å². The van der Waals surface area contributed by atoms with Gasteiger partial charge in [-0.15, -0.1) is 0 Å². The topological polar surface area (TPSA) is 84.8 Å². The summed E-state index contributed by atoms with van der Waals surface area (Å²) in [7, 11) is 1.59. The fraction of sp³-hybridized carbons (Fsp3) is 0.0952. The van der Waals surface area contributed by atoms with Crippen LogP contribution in [0.1, 0.15) is 16.1 Å². The average Bonchev–Trinajstić information content (AvgIpc) is 3.40. The Balaban J connectivity index is 1.44. The van der Waals surface area contributed by atoms with Crippen molar-refractivity contribution in [3.63, 3.8) is 0 Å². The zero-order valence-electron chi connectivity index (χ0n) is 15.6. The van der Waals surface area contributed by atoms with Gasteiger partial charge in [0.25, 0.3) is 5.91 Å². The highest BCUT2D eigenvalue weighted by molar-refractivity contribution is 6.03. The molecule has 0 aliphatic rings. The van der Waals surface area contributed by atoms with Crippen LogP contribution in [-0.4, -0.2) is 33.0 Å². The van der Waals surface area contributed by atoms with Gasteiger partial charge in [-0.2, -0.15) is 10.2 Å². The summed E-state index contributed by atoms with van der Waals surface area (Å²) in [4.78, 5) is 12.5. The Morgan fingerprint density at radius 2 is 2.07 bits per heavy atom. The predicted molar refractivity (Wildman–Crippen MR) is 106 cm³/mol. The molecule has 0 atom stereocenters. The fourth-order valence-electron chi connectivity index (χ4n) is 2.88. The van der Waals surface area contributed by atoms with Crippen molar-refractivity contribution in [2.45, 2.75) is 6.54 Å². The van der Waals surface area contributed by atoms with Crippen molar-refractivity contribution in [2.75, 3.05) is 12.4 Å². The number of rotatable bonds is 6. The number of methoxy groups -OCH3 is 1. The lowest BCUT2D eigenvalue weighted by atomic mass is 10.1. The van der Waals surface area contributed by atoms with Crippen molar-refractivity contribution in [1.29, 1.82) is 0 Å². The molecule has 0 spiro atoms. The molecule has 2 aromatic heterocycles. The summed E-state index contributed by atoms with van der Waals surface area (Å²) in [6.07, 6.45) is 3.15. The Morgan fingerprint density at radius 1 is 1.21 bits per heavy atom. The molecule has 0 unspecified atom stereocenters. The number of hydrogen-bond acceptors (Lipinski definition) is 4. The van der Waals surface area contributed by atoms with Crippen LogP contribution < -0.4 is 10.1 Å². The van der Waals surface area contributed by atoms with Gasteiger partial charge in [0.1, 0.15) is 17.3 Å². The molecule has 29 heavy (non-hydrogen) atoms. The number of hydrogen-bond donors (Lipinski definition) is 2. The lowest BCUT2D eigenvalue weighted by Gasteiger charge is -2.03. The summed E-state index contributed by atoms with van der Waals surface area (Å²) in [5.74, 6) is 0.0620. The van der Waals surface area contributed by atoms with Crippen molar-refractivity contribution in [3.05, 3.63) is 84.1 Å². The van der Waals surface area contributed by atoms with Crippen LogP contribution in [0.2, 0.25) is 0 Å². The Hall–Kier alpha value is -3.94. The number of nitrogens with zero attached hydrogens (tertiary/aromatic N) is 3. The van der Waals surface area contributed by atoms with Gasteiger partial charge in [-0.1, -0.05) is 30.3 Å². The molecule has 4 aromatic rings. The summed E-state index contributed by atoms with van der Waals surface area (Å²) in [5.41, 5.74) is 2.79. The number of aromatic amines is 1. The van der Waals surface area contributed by atoms with E-state index in [-0.39, 0.29) is 18.3 Å². The van der Waals surface area contributed by atoms with E-state index in [2.05, 4.69) is 20.6 Å². The maximum atomic E-state index is 13.8. The largest absolute Gasteiger partial charge is 0.497 e. The number of ether oxygens (including phenoxy) is 1. The van der Waals surface area contributed by atoms with Gasteiger partial charge in [0.05, 0.1) is 31.2 Å². The Bertz CT molecular complexity index is 1150. The van der Waals surface area contributed by atoms with Crippen LogP contribution in [0.5, 0.6) is 5.75 Å². The molecule has 2 heterocycles. The molecule has 2 aromatic carbocycles. The lowest BCUT2D eigenvalue weighted by Crippen LogP contribution is -2.11. The van der Waals surface area contributed by atoms with Crippen molar-refractivity contribution in [2.24, 2.45) is 0 Å². The van der Waals surface area contributed by atoms with Gasteiger partial charge < -0.3 is 10.1 Å². The highest BCUT2D eigenvalue weighted by atomic mass is 19.1. The molecule has 0 bridgehead atoms. The second-order valence-corrected chi connectivity index (χ2v) is 6.37. The van der Waals surface area contributed by atoms with Crippen molar-refractivity contribution < 1.29 is 13.9 Å². The van der Waals surface area contributed by atoms with Gasteiger partial charge >= 0.3 is 0 Å². The van der Waals surface area contributed by atoms with Crippen molar-refractivity contribution in [1.82, 2.24) is 20.0 Å². The quantitative estimate of drug-likeness (QED) is 0.525. The second kappa shape index (κ2) is 7.97. The number of nitrogens with one attached hydrogen (secondary N) is 2. The van der Waals surface area contributed by atoms with Crippen LogP contribution in [-0.2, 0) is 6.54 Å². The molecule has 2 N–H and O–H groups in total. The van der Waals surface area contributed by atoms with E-state index in [1.54, 1.807) is 42.3 Å². The number of H-pyrrole nitrogens is 1. The maximum absolute atomic E-state index is 13.8. The first-order valence-electron chi connectivity index (χ1n) is 8.89. The molecule has 0 fully saturated rings. The number of carbonyl (C=O) groups excluding carboxylic acids is 1. The third kappa shape index (κ3) is 4.16. The van der Waals surface area contributed by atoms with E-state index in [1.807, 2.05) is 24.3 Å². The third-order valence-electron chi connectivity index (χ3n) is 4.37. The standard InChI is InChI=1S/C21H18FN5O2/c1-29-17-7-4-6-14(9-17)19-10-20(26-25-19)21(28)24-16-11-23-27(13-16)12-15-5-2-3-8-18(15)22/h2-11,13H,12H2,1H3,(H,24,28)(H,25,26). The van der Waals surface area contributed by atoms with Gasteiger partial charge in [0, 0.05) is 17.3 Å². The molecule has 0 saturated carbocycles.